The minimum atomic E-state index is 0.0611. The highest BCUT2D eigenvalue weighted by Gasteiger charge is 2.12. The van der Waals surface area contributed by atoms with Gasteiger partial charge in [0, 0.05) is 18.0 Å². The molecule has 1 N–H and O–H groups in total. The standard InChI is InChI=1S/C16H14N2OS/c1-10-15(11(2)19)20-16(17-10)18-14-9-5-7-12-6-3-4-8-13(12)14/h3-9H,1-2H3,(H,17,18). The van der Waals surface area contributed by atoms with E-state index in [4.69, 9.17) is 0 Å². The highest BCUT2D eigenvalue weighted by molar-refractivity contribution is 7.17. The predicted octanol–water partition coefficient (Wildman–Crippen LogP) is 4.55. The van der Waals surface area contributed by atoms with Crippen molar-refractivity contribution in [3.8, 4) is 0 Å². The molecule has 0 saturated heterocycles. The van der Waals surface area contributed by atoms with E-state index in [1.165, 1.54) is 16.7 Å². The van der Waals surface area contributed by atoms with Gasteiger partial charge in [-0.3, -0.25) is 4.79 Å². The molecule has 0 radical (unpaired) electrons. The molecule has 0 aliphatic carbocycles. The molecule has 3 rings (SSSR count). The monoisotopic (exact) mass is 282 g/mol. The van der Waals surface area contributed by atoms with Gasteiger partial charge in [-0.05, 0) is 18.4 Å². The summed E-state index contributed by atoms with van der Waals surface area (Å²) in [5, 5.41) is 6.40. The number of carbonyl (C=O) groups excluding carboxylic acids is 1. The Bertz CT molecular complexity index is 787. The van der Waals surface area contributed by atoms with Gasteiger partial charge >= 0.3 is 0 Å². The SMILES string of the molecule is CC(=O)c1sc(Nc2cccc3ccccc23)nc1C. The van der Waals surface area contributed by atoms with Crippen molar-refractivity contribution in [1.29, 1.82) is 0 Å². The number of thiazole rings is 1. The Kier molecular flexibility index (Phi) is 3.24. The first-order valence-corrected chi connectivity index (χ1v) is 7.20. The number of anilines is 2. The van der Waals surface area contributed by atoms with Crippen LogP contribution in [0.1, 0.15) is 22.3 Å². The van der Waals surface area contributed by atoms with Crippen LogP contribution in [0.3, 0.4) is 0 Å². The van der Waals surface area contributed by atoms with Gasteiger partial charge < -0.3 is 5.32 Å². The second kappa shape index (κ2) is 5.06. The summed E-state index contributed by atoms with van der Waals surface area (Å²) in [6.45, 7) is 3.43. The van der Waals surface area contributed by atoms with Crippen LogP contribution in [0, 0.1) is 6.92 Å². The van der Waals surface area contributed by atoms with Crippen LogP contribution in [0.4, 0.5) is 10.8 Å². The third-order valence-electron chi connectivity index (χ3n) is 3.15. The molecule has 0 bridgehead atoms. The lowest BCUT2D eigenvalue weighted by atomic mass is 10.1. The van der Waals surface area contributed by atoms with Crippen LogP contribution in [0.25, 0.3) is 10.8 Å². The van der Waals surface area contributed by atoms with Crippen LogP contribution in [0.15, 0.2) is 42.5 Å². The number of hydrogen-bond donors (Lipinski definition) is 1. The van der Waals surface area contributed by atoms with Gasteiger partial charge in [-0.1, -0.05) is 47.7 Å². The molecule has 4 heteroatoms. The smallest absolute Gasteiger partial charge is 0.188 e. The second-order valence-corrected chi connectivity index (χ2v) is 5.64. The third kappa shape index (κ3) is 2.30. The van der Waals surface area contributed by atoms with Crippen molar-refractivity contribution in [1.82, 2.24) is 4.98 Å². The fraction of sp³-hybridized carbons (Fsp3) is 0.125. The average molecular weight is 282 g/mol. The Hall–Kier alpha value is -2.20. The van der Waals surface area contributed by atoms with E-state index in [9.17, 15) is 4.79 Å². The molecule has 20 heavy (non-hydrogen) atoms. The molecule has 0 spiro atoms. The molecule has 0 aliphatic heterocycles. The number of nitrogens with one attached hydrogen (secondary N) is 1. The van der Waals surface area contributed by atoms with Crippen LogP contribution >= 0.6 is 11.3 Å². The lowest BCUT2D eigenvalue weighted by molar-refractivity contribution is 0.102. The largest absolute Gasteiger partial charge is 0.331 e. The van der Waals surface area contributed by atoms with Gasteiger partial charge in [0.1, 0.15) is 0 Å². The van der Waals surface area contributed by atoms with Crippen LogP contribution in [-0.4, -0.2) is 10.8 Å². The number of hydrogen-bond acceptors (Lipinski definition) is 4. The summed E-state index contributed by atoms with van der Waals surface area (Å²) in [6, 6.07) is 14.3. The Morgan fingerprint density at radius 1 is 1.15 bits per heavy atom. The van der Waals surface area contributed by atoms with Crippen LogP contribution < -0.4 is 5.32 Å². The van der Waals surface area contributed by atoms with Crippen molar-refractivity contribution in [3.05, 3.63) is 53.0 Å². The minimum absolute atomic E-state index is 0.0611. The zero-order chi connectivity index (χ0) is 14.1. The van der Waals surface area contributed by atoms with Gasteiger partial charge in [-0.15, -0.1) is 0 Å². The summed E-state index contributed by atoms with van der Waals surface area (Å²) in [5.74, 6) is 0.0611. The van der Waals surface area contributed by atoms with Gasteiger partial charge in [-0.25, -0.2) is 4.98 Å². The summed E-state index contributed by atoms with van der Waals surface area (Å²) in [5.41, 5.74) is 1.79. The first kappa shape index (κ1) is 12.8. The van der Waals surface area contributed by atoms with Crippen LogP contribution in [0.5, 0.6) is 0 Å². The Balaban J connectivity index is 2.01. The summed E-state index contributed by atoms with van der Waals surface area (Å²) in [6.07, 6.45) is 0. The Morgan fingerprint density at radius 3 is 2.65 bits per heavy atom. The molecule has 0 unspecified atom stereocenters. The molecule has 0 amide bonds. The fourth-order valence-electron chi connectivity index (χ4n) is 2.23. The van der Waals surface area contributed by atoms with Crippen molar-refractivity contribution in [2.24, 2.45) is 0 Å². The summed E-state index contributed by atoms with van der Waals surface area (Å²) >= 11 is 1.40. The molecule has 3 aromatic rings. The van der Waals surface area contributed by atoms with Crippen molar-refractivity contribution in [3.63, 3.8) is 0 Å². The van der Waals surface area contributed by atoms with Gasteiger partial charge in [0.2, 0.25) is 0 Å². The van der Waals surface area contributed by atoms with E-state index >= 15 is 0 Å². The van der Waals surface area contributed by atoms with Gasteiger partial charge in [0.15, 0.2) is 10.9 Å². The molecule has 1 heterocycles. The number of carbonyl (C=O) groups is 1. The van der Waals surface area contributed by atoms with E-state index in [2.05, 4.69) is 28.5 Å². The molecule has 100 valence electrons. The number of benzene rings is 2. The molecular formula is C16H14N2OS. The van der Waals surface area contributed by atoms with E-state index < -0.39 is 0 Å². The topological polar surface area (TPSA) is 42.0 Å². The van der Waals surface area contributed by atoms with E-state index in [0.717, 1.165) is 21.9 Å². The van der Waals surface area contributed by atoms with Gasteiger partial charge in [-0.2, -0.15) is 0 Å². The molecule has 3 nitrogen and oxygen atoms in total. The van der Waals surface area contributed by atoms with Crippen molar-refractivity contribution in [2.45, 2.75) is 13.8 Å². The molecule has 0 saturated carbocycles. The van der Waals surface area contributed by atoms with Gasteiger partial charge in [0.25, 0.3) is 0 Å². The lowest BCUT2D eigenvalue weighted by Gasteiger charge is -2.06. The lowest BCUT2D eigenvalue weighted by Crippen LogP contribution is -1.91. The fourth-order valence-corrected chi connectivity index (χ4v) is 3.10. The quantitative estimate of drug-likeness (QED) is 0.716. The maximum absolute atomic E-state index is 11.5. The van der Waals surface area contributed by atoms with Crippen LogP contribution in [0.2, 0.25) is 0 Å². The number of nitrogens with zero attached hydrogens (tertiary/aromatic N) is 1. The number of fused-ring (bicyclic) bond motifs is 1. The van der Waals surface area contributed by atoms with E-state index in [1.807, 2.05) is 31.2 Å². The molecule has 0 fully saturated rings. The van der Waals surface area contributed by atoms with Crippen molar-refractivity contribution < 1.29 is 4.79 Å². The zero-order valence-corrected chi connectivity index (χ0v) is 12.1. The third-order valence-corrected chi connectivity index (χ3v) is 4.32. The first-order chi connectivity index (χ1) is 9.65. The average Bonchev–Trinajstić information content (AvgIpc) is 2.80. The maximum Gasteiger partial charge on any atom is 0.188 e. The zero-order valence-electron chi connectivity index (χ0n) is 11.3. The maximum atomic E-state index is 11.5. The van der Waals surface area contributed by atoms with E-state index in [-0.39, 0.29) is 5.78 Å². The molecule has 0 atom stereocenters. The van der Waals surface area contributed by atoms with Gasteiger partial charge in [0.05, 0.1) is 10.6 Å². The summed E-state index contributed by atoms with van der Waals surface area (Å²) in [7, 11) is 0. The number of aryl methyl sites for hydroxylation is 1. The van der Waals surface area contributed by atoms with Crippen molar-refractivity contribution in [2.75, 3.05) is 5.32 Å². The molecule has 0 aliphatic rings. The number of rotatable bonds is 3. The molecule has 2 aromatic carbocycles. The normalized spacial score (nSPS) is 10.7. The highest BCUT2D eigenvalue weighted by Crippen LogP contribution is 2.30. The minimum Gasteiger partial charge on any atom is -0.331 e. The molecule has 1 aromatic heterocycles. The van der Waals surface area contributed by atoms with E-state index in [1.54, 1.807) is 6.92 Å². The summed E-state index contributed by atoms with van der Waals surface area (Å²) < 4.78 is 0. The molecular weight excluding hydrogens is 268 g/mol. The van der Waals surface area contributed by atoms with Crippen molar-refractivity contribution >= 4 is 38.7 Å². The second-order valence-electron chi connectivity index (χ2n) is 4.64. The Labute approximate surface area is 121 Å². The first-order valence-electron chi connectivity index (χ1n) is 6.38. The Morgan fingerprint density at radius 2 is 1.90 bits per heavy atom. The highest BCUT2D eigenvalue weighted by atomic mass is 32.1. The number of ketones is 1. The van der Waals surface area contributed by atoms with Crippen LogP contribution in [-0.2, 0) is 0 Å². The summed E-state index contributed by atoms with van der Waals surface area (Å²) in [4.78, 5) is 16.6. The number of Topliss-reactive ketones (excluding diaryl/α,β-unsaturated/α-hetero) is 1. The predicted molar refractivity (Wildman–Crippen MR) is 84.1 cm³/mol. The number of aromatic nitrogens is 1. The van der Waals surface area contributed by atoms with E-state index in [0.29, 0.717) is 4.88 Å².